The van der Waals surface area contributed by atoms with Gasteiger partial charge in [0.2, 0.25) is 0 Å². The van der Waals surface area contributed by atoms with Crippen LogP contribution in [0.4, 0.5) is 17.1 Å². The van der Waals surface area contributed by atoms with Crippen LogP contribution in [0.5, 0.6) is 23.0 Å². The number of phenols is 1. The third-order valence-corrected chi connectivity index (χ3v) is 15.9. The molecule has 98 heavy (non-hydrogen) atoms. The molecule has 11 aromatic rings. The molecular formula is C73H64Cl2N18O5. The van der Waals surface area contributed by atoms with Crippen molar-refractivity contribution in [1.82, 2.24) is 55.2 Å². The molecule has 11 heterocycles. The van der Waals surface area contributed by atoms with Crippen LogP contribution in [0.1, 0.15) is 83.5 Å². The molecule has 0 unspecified atom stereocenters. The third kappa shape index (κ3) is 19.7. The molecule has 0 atom stereocenters. The van der Waals surface area contributed by atoms with E-state index in [9.17, 15) is 10.4 Å². The summed E-state index contributed by atoms with van der Waals surface area (Å²) in [6, 6.07) is 39.5. The van der Waals surface area contributed by atoms with Crippen molar-refractivity contribution in [2.75, 3.05) is 28.9 Å². The maximum Gasteiger partial charge on any atom is 0.120 e. The number of hydrogen-bond donors (Lipinski definition) is 3. The lowest BCUT2D eigenvalue weighted by Gasteiger charge is -2.18. The van der Waals surface area contributed by atoms with Crippen molar-refractivity contribution in [3.8, 4) is 47.3 Å². The Kier molecular flexibility index (Phi) is 26.1. The fourth-order valence-corrected chi connectivity index (χ4v) is 10.6. The van der Waals surface area contributed by atoms with Crippen molar-refractivity contribution in [2.24, 2.45) is 0 Å². The highest BCUT2D eigenvalue weighted by molar-refractivity contribution is 6.31. The number of fused-ring (bicyclic) bond motifs is 4. The molecule has 0 radical (unpaired) electrons. The number of rotatable bonds is 10. The molecule has 4 aliphatic heterocycles. The van der Waals surface area contributed by atoms with Gasteiger partial charge in [0.05, 0.1) is 71.0 Å². The summed E-state index contributed by atoms with van der Waals surface area (Å²) in [6.45, 7) is 7.04. The van der Waals surface area contributed by atoms with E-state index in [1.807, 2.05) is 48.5 Å². The summed E-state index contributed by atoms with van der Waals surface area (Å²) in [5.74, 6) is 3.41. The molecule has 490 valence electrons. The minimum atomic E-state index is 0.0147. The summed E-state index contributed by atoms with van der Waals surface area (Å²) in [7, 11) is 3.37. The lowest BCUT2D eigenvalue weighted by molar-refractivity contribution is 0.281. The Morgan fingerprint density at radius 2 is 0.806 bits per heavy atom. The highest BCUT2D eigenvalue weighted by Crippen LogP contribution is 2.35. The second-order valence-corrected chi connectivity index (χ2v) is 22.3. The van der Waals surface area contributed by atoms with E-state index in [2.05, 4.69) is 124 Å². The number of pyridine rings is 4. The number of nitrogens with zero attached hydrogens (tertiary/aromatic N) is 17. The molecule has 25 heteroatoms. The van der Waals surface area contributed by atoms with Gasteiger partial charge in [0.25, 0.3) is 0 Å². The van der Waals surface area contributed by atoms with Crippen LogP contribution in [-0.4, -0.2) is 74.3 Å². The van der Waals surface area contributed by atoms with Crippen molar-refractivity contribution < 1.29 is 24.4 Å². The molecular weight excluding hydrogens is 1280 g/mol. The highest BCUT2D eigenvalue weighted by Gasteiger charge is 2.25. The zero-order valence-corrected chi connectivity index (χ0v) is 54.8. The number of aliphatic hydroxyl groups is 1. The third-order valence-electron chi connectivity index (χ3n) is 15.2. The second-order valence-electron chi connectivity index (χ2n) is 21.6. The van der Waals surface area contributed by atoms with Gasteiger partial charge in [0.1, 0.15) is 72.9 Å². The van der Waals surface area contributed by atoms with Gasteiger partial charge in [-0.1, -0.05) is 35.9 Å². The number of nitrogens with one attached hydrogen (secondary N) is 1. The van der Waals surface area contributed by atoms with Crippen LogP contribution in [0.25, 0.3) is 0 Å². The van der Waals surface area contributed by atoms with Gasteiger partial charge in [-0.3, -0.25) is 19.9 Å². The maximum absolute atomic E-state index is 9.47. The Labute approximate surface area is 576 Å². The van der Waals surface area contributed by atoms with E-state index < -0.39 is 0 Å². The van der Waals surface area contributed by atoms with Crippen LogP contribution in [0.2, 0.25) is 5.02 Å². The Morgan fingerprint density at radius 3 is 1.22 bits per heavy atom. The molecule has 4 aromatic carbocycles. The molecule has 0 bridgehead atoms. The zero-order chi connectivity index (χ0) is 68.9. The summed E-state index contributed by atoms with van der Waals surface area (Å²) in [4.78, 5) is 45.0. The van der Waals surface area contributed by atoms with Crippen molar-refractivity contribution in [1.29, 1.82) is 21.0 Å². The SMILES string of the molecule is COc1ccc2c(c1)CN(c1ccncc1C#N)C2.COc1ccc2c(c1)CNC2.ClCc1cncnc1.N#Cc1cnccc1Cl.N#Cc1cnccc1N1Cc2ccc(O)cc2C1.N#Cc1cnccc1N1Cc2ccc(OCc3cncnc3)cc2C1.OCc1cncnc1. The fraction of sp³-hybridized carbons (Fsp3) is 0.178. The average Bonchev–Trinajstić information content (AvgIpc) is 1.70. The number of methoxy groups -OCH3 is 2. The molecule has 3 N–H and O–H groups in total. The smallest absolute Gasteiger partial charge is 0.120 e. The number of aromatic hydroxyl groups is 1. The van der Waals surface area contributed by atoms with E-state index in [0.29, 0.717) is 46.3 Å². The molecule has 4 aliphatic rings. The average molecular weight is 1340 g/mol. The van der Waals surface area contributed by atoms with Crippen molar-refractivity contribution >= 4 is 40.3 Å². The highest BCUT2D eigenvalue weighted by atomic mass is 35.5. The minimum absolute atomic E-state index is 0.0147. The van der Waals surface area contributed by atoms with Crippen molar-refractivity contribution in [3.05, 3.63) is 291 Å². The van der Waals surface area contributed by atoms with E-state index in [-0.39, 0.29) is 12.4 Å². The number of nitriles is 4. The van der Waals surface area contributed by atoms with E-state index in [1.54, 1.807) is 113 Å². The molecule has 0 saturated heterocycles. The monoisotopic (exact) mass is 1340 g/mol. The number of halogens is 2. The zero-order valence-electron chi connectivity index (χ0n) is 53.3. The summed E-state index contributed by atoms with van der Waals surface area (Å²) in [5, 5.41) is 57.5. The van der Waals surface area contributed by atoms with Gasteiger partial charge >= 0.3 is 0 Å². The van der Waals surface area contributed by atoms with Gasteiger partial charge in [-0.25, -0.2) is 29.9 Å². The Balaban J connectivity index is 0.000000140. The quantitative estimate of drug-likeness (QED) is 0.107. The van der Waals surface area contributed by atoms with E-state index >= 15 is 0 Å². The number of ether oxygens (including phenoxy) is 3. The summed E-state index contributed by atoms with van der Waals surface area (Å²) in [5.41, 5.74) is 17.6. The molecule has 15 rings (SSSR count). The normalized spacial score (nSPS) is 12.0. The van der Waals surface area contributed by atoms with Gasteiger partial charge in [0.15, 0.2) is 0 Å². The molecule has 7 aromatic heterocycles. The molecule has 0 aliphatic carbocycles. The Bertz CT molecular complexity index is 4560. The number of aromatic nitrogens is 10. The number of hydrogen-bond acceptors (Lipinski definition) is 23. The van der Waals surface area contributed by atoms with E-state index in [0.717, 1.165) is 102 Å². The molecule has 0 saturated carbocycles. The predicted molar refractivity (Wildman–Crippen MR) is 367 cm³/mol. The summed E-state index contributed by atoms with van der Waals surface area (Å²) < 4.78 is 16.2. The van der Waals surface area contributed by atoms with Gasteiger partial charge in [-0.2, -0.15) is 21.0 Å². The molecule has 0 spiro atoms. The molecule has 0 fully saturated rings. The predicted octanol–water partition coefficient (Wildman–Crippen LogP) is 11.6. The van der Waals surface area contributed by atoms with Gasteiger partial charge in [-0.05, 0) is 117 Å². The van der Waals surface area contributed by atoms with E-state index in [1.165, 1.54) is 64.1 Å². The van der Waals surface area contributed by atoms with Gasteiger partial charge < -0.3 is 44.4 Å². The largest absolute Gasteiger partial charge is 0.508 e. The first-order valence-corrected chi connectivity index (χ1v) is 31.2. The van der Waals surface area contributed by atoms with Crippen LogP contribution in [-0.2, 0) is 71.5 Å². The van der Waals surface area contributed by atoms with Crippen molar-refractivity contribution in [3.63, 3.8) is 0 Å². The van der Waals surface area contributed by atoms with Crippen LogP contribution in [0.3, 0.4) is 0 Å². The number of anilines is 3. The fourth-order valence-electron chi connectivity index (χ4n) is 10.3. The number of phenolic OH excluding ortho intramolecular Hbond substituents is 1. The Morgan fingerprint density at radius 1 is 0.429 bits per heavy atom. The van der Waals surface area contributed by atoms with E-state index in [4.69, 9.17) is 58.3 Å². The van der Waals surface area contributed by atoms with Crippen LogP contribution in [0, 0.1) is 45.3 Å². The lowest BCUT2D eigenvalue weighted by atomic mass is 10.1. The minimum Gasteiger partial charge on any atom is -0.508 e. The van der Waals surface area contributed by atoms with Crippen molar-refractivity contribution in [2.45, 2.75) is 71.5 Å². The molecule has 23 nitrogen and oxygen atoms in total. The first-order chi connectivity index (χ1) is 48.0. The van der Waals surface area contributed by atoms with Crippen LogP contribution >= 0.6 is 23.2 Å². The van der Waals surface area contributed by atoms with Crippen LogP contribution < -0.4 is 34.2 Å². The molecule has 0 amide bonds. The Hall–Kier alpha value is -12.2. The van der Waals surface area contributed by atoms with Gasteiger partial charge in [0, 0.05) is 156 Å². The number of aliphatic hydroxyl groups excluding tert-OH is 1. The summed E-state index contributed by atoms with van der Waals surface area (Å²) in [6.07, 6.45) is 27.3. The topological polar surface area (TPSA) is 314 Å². The second kappa shape index (κ2) is 36.4. The van der Waals surface area contributed by atoms with Gasteiger partial charge in [-0.15, -0.1) is 11.6 Å². The number of alkyl halides is 1. The number of benzene rings is 4. The maximum atomic E-state index is 9.47. The lowest BCUT2D eigenvalue weighted by Crippen LogP contribution is -2.15. The van der Waals surface area contributed by atoms with Crippen LogP contribution in [0.15, 0.2) is 203 Å². The summed E-state index contributed by atoms with van der Waals surface area (Å²) >= 11 is 11.0. The first kappa shape index (κ1) is 70.1. The first-order valence-electron chi connectivity index (χ1n) is 30.3. The standard InChI is InChI=1S/C19H15N5O.C15H13N3O.C14H11N3O.C9H11NO.C6H3ClN2.C5H5ClN2.C5H6N2O/c20-6-17-9-21-4-3-19(17)24-10-15-1-2-18(5-16(15)11-24)25-12-14-7-22-13-23-8-14;1-19-14-3-2-11-9-18(10-12(11)6-14)15-4-5-17-8-13(15)7-16;15-6-12-7-16-4-3-14(12)17-8-10-1-2-13(18)5-11(10)9-17;1-11-9-3-2-7-5-10-6-8(7)4-9;7-6-1-2-9-4-5(6)3-8;6-1-5-2-7-4-8-3-5;8-3-5-1-6-4-7-2-5/h1-5,7-9,13H,10-12H2;2-6,8H,9-10H2,1H3;1-5,7,18H,8-9H2;2-4,10H,5-6H2,1H3;1-2,4H;2-4H,1H2;1-2,4,8H,3H2.